The van der Waals surface area contributed by atoms with Crippen LogP contribution in [0.5, 0.6) is 0 Å². The zero-order chi connectivity index (χ0) is 13.3. The Hall–Kier alpha value is -2.11. The van der Waals surface area contributed by atoms with Crippen LogP contribution < -0.4 is 4.90 Å². The van der Waals surface area contributed by atoms with Gasteiger partial charge in [0.2, 0.25) is 0 Å². The van der Waals surface area contributed by atoms with Gasteiger partial charge < -0.3 is 10.0 Å². The van der Waals surface area contributed by atoms with Gasteiger partial charge in [-0.05, 0) is 6.07 Å². The maximum Gasteiger partial charge on any atom is 0.306 e. The van der Waals surface area contributed by atoms with Gasteiger partial charge in [-0.3, -0.25) is 14.9 Å². The van der Waals surface area contributed by atoms with Gasteiger partial charge in [0, 0.05) is 25.1 Å². The largest absolute Gasteiger partial charge is 0.481 e. The van der Waals surface area contributed by atoms with Crippen molar-refractivity contribution in [1.82, 2.24) is 0 Å². The Morgan fingerprint density at radius 3 is 2.67 bits per heavy atom. The molecule has 1 aliphatic heterocycles. The molecule has 1 saturated heterocycles. The number of nitrogens with zero attached hydrogens (tertiary/aromatic N) is 2. The van der Waals surface area contributed by atoms with Crippen molar-refractivity contribution in [2.45, 2.75) is 6.92 Å². The Bertz CT molecular complexity index is 483. The zero-order valence-electron chi connectivity index (χ0n) is 9.94. The van der Waals surface area contributed by atoms with E-state index < -0.39 is 16.8 Å². The fourth-order valence-corrected chi connectivity index (χ4v) is 2.11. The van der Waals surface area contributed by atoms with E-state index in [4.69, 9.17) is 5.11 Å². The molecule has 2 rings (SSSR count). The van der Waals surface area contributed by atoms with E-state index in [2.05, 4.69) is 0 Å². The predicted octanol–water partition coefficient (Wildman–Crippen LogP) is 1.75. The number of nitro benzene ring substituents is 1. The fraction of sp³-hybridized carbons (Fsp3) is 0.417. The van der Waals surface area contributed by atoms with Crippen LogP contribution in [-0.2, 0) is 4.79 Å². The molecular weight excluding hydrogens is 236 g/mol. The normalized spacial score (nSPS) is 17.1. The van der Waals surface area contributed by atoms with E-state index in [9.17, 15) is 14.9 Å². The molecule has 1 aromatic carbocycles. The minimum Gasteiger partial charge on any atom is -0.481 e. The van der Waals surface area contributed by atoms with Crippen LogP contribution in [0.1, 0.15) is 6.92 Å². The van der Waals surface area contributed by atoms with E-state index in [1.165, 1.54) is 6.07 Å². The van der Waals surface area contributed by atoms with Crippen molar-refractivity contribution in [3.8, 4) is 0 Å². The lowest BCUT2D eigenvalue weighted by molar-refractivity contribution is -0.384. The van der Waals surface area contributed by atoms with Gasteiger partial charge in [0.05, 0.1) is 10.8 Å². The molecule has 0 aromatic heterocycles. The van der Waals surface area contributed by atoms with E-state index in [1.54, 1.807) is 25.1 Å². The number of carbonyl (C=O) groups is 1. The lowest BCUT2D eigenvalue weighted by Gasteiger charge is -2.42. The molecule has 1 unspecified atom stereocenters. The maximum absolute atomic E-state index is 10.9. The van der Waals surface area contributed by atoms with Crippen LogP contribution in [0.3, 0.4) is 0 Å². The van der Waals surface area contributed by atoms with Gasteiger partial charge in [0.25, 0.3) is 5.69 Å². The first kappa shape index (κ1) is 12.3. The predicted molar refractivity (Wildman–Crippen MR) is 65.6 cm³/mol. The molecule has 0 amide bonds. The number of anilines is 1. The second kappa shape index (κ2) is 4.64. The molecule has 1 fully saturated rings. The fourth-order valence-electron chi connectivity index (χ4n) is 2.11. The molecule has 1 atom stereocenters. The summed E-state index contributed by atoms with van der Waals surface area (Å²) in [5.74, 6) is -1.17. The Kier molecular flexibility index (Phi) is 3.18. The molecule has 0 radical (unpaired) electrons. The summed E-state index contributed by atoms with van der Waals surface area (Å²) in [4.78, 5) is 23.1. The van der Waals surface area contributed by atoms with E-state index in [0.29, 0.717) is 18.8 Å². The Morgan fingerprint density at radius 1 is 1.50 bits per heavy atom. The molecule has 1 aliphatic rings. The SMILES string of the molecule is CC(C(=O)O)C1CN(c2ccccc2[N+](=O)[O-])C1. The van der Waals surface area contributed by atoms with Gasteiger partial charge >= 0.3 is 5.97 Å². The van der Waals surface area contributed by atoms with Gasteiger partial charge in [-0.1, -0.05) is 19.1 Å². The van der Waals surface area contributed by atoms with Gasteiger partial charge in [-0.2, -0.15) is 0 Å². The Labute approximate surface area is 104 Å². The van der Waals surface area contributed by atoms with Crippen LogP contribution in [0.2, 0.25) is 0 Å². The zero-order valence-corrected chi connectivity index (χ0v) is 9.94. The molecule has 1 N–H and O–H groups in total. The second-order valence-electron chi connectivity index (χ2n) is 4.54. The minimum atomic E-state index is -0.817. The van der Waals surface area contributed by atoms with Gasteiger partial charge in [0.15, 0.2) is 0 Å². The summed E-state index contributed by atoms with van der Waals surface area (Å²) in [5.41, 5.74) is 0.635. The van der Waals surface area contributed by atoms with Crippen molar-refractivity contribution in [3.63, 3.8) is 0 Å². The van der Waals surface area contributed by atoms with Crippen LogP contribution in [0, 0.1) is 22.0 Å². The monoisotopic (exact) mass is 250 g/mol. The molecular formula is C12H14N2O4. The minimum absolute atomic E-state index is 0.0577. The quantitative estimate of drug-likeness (QED) is 0.650. The average molecular weight is 250 g/mol. The third-order valence-electron chi connectivity index (χ3n) is 3.43. The molecule has 6 heteroatoms. The van der Waals surface area contributed by atoms with Crippen molar-refractivity contribution in [3.05, 3.63) is 34.4 Å². The third-order valence-corrected chi connectivity index (χ3v) is 3.43. The van der Waals surface area contributed by atoms with Crippen LogP contribution >= 0.6 is 0 Å². The number of carboxylic acid groups (broad SMARTS) is 1. The molecule has 0 aliphatic carbocycles. The first-order valence-corrected chi connectivity index (χ1v) is 5.72. The molecule has 1 heterocycles. The summed E-state index contributed by atoms with van der Waals surface area (Å²) < 4.78 is 0. The highest BCUT2D eigenvalue weighted by Crippen LogP contribution is 2.35. The first-order valence-electron chi connectivity index (χ1n) is 5.72. The summed E-state index contributed by atoms with van der Waals surface area (Å²) >= 11 is 0. The highest BCUT2D eigenvalue weighted by molar-refractivity contribution is 5.71. The van der Waals surface area contributed by atoms with Crippen molar-refractivity contribution >= 4 is 17.3 Å². The molecule has 1 aromatic rings. The maximum atomic E-state index is 10.9. The smallest absolute Gasteiger partial charge is 0.306 e. The number of benzene rings is 1. The second-order valence-corrected chi connectivity index (χ2v) is 4.54. The van der Waals surface area contributed by atoms with Crippen molar-refractivity contribution < 1.29 is 14.8 Å². The van der Waals surface area contributed by atoms with Crippen LogP contribution in [0.15, 0.2) is 24.3 Å². The standard InChI is InChI=1S/C12H14N2O4/c1-8(12(15)16)9-6-13(7-9)10-4-2-3-5-11(10)14(17)18/h2-5,8-9H,6-7H2,1H3,(H,15,16). The van der Waals surface area contributed by atoms with E-state index in [1.807, 2.05) is 4.90 Å². The number of para-hydroxylation sites is 2. The lowest BCUT2D eigenvalue weighted by atomic mass is 9.86. The number of aliphatic carboxylic acids is 1. The molecule has 6 nitrogen and oxygen atoms in total. The summed E-state index contributed by atoms with van der Waals surface area (Å²) in [6, 6.07) is 6.53. The van der Waals surface area contributed by atoms with E-state index >= 15 is 0 Å². The number of hydrogen-bond acceptors (Lipinski definition) is 4. The van der Waals surface area contributed by atoms with Crippen molar-refractivity contribution in [1.29, 1.82) is 0 Å². The molecule has 96 valence electrons. The third kappa shape index (κ3) is 2.13. The highest BCUT2D eigenvalue weighted by Gasteiger charge is 2.36. The van der Waals surface area contributed by atoms with Gasteiger partial charge in [-0.25, -0.2) is 0 Å². The van der Waals surface area contributed by atoms with E-state index in [0.717, 1.165) is 0 Å². The topological polar surface area (TPSA) is 83.7 Å². The number of nitro groups is 1. The number of rotatable bonds is 4. The summed E-state index contributed by atoms with van der Waals surface area (Å²) in [5, 5.41) is 19.8. The van der Waals surface area contributed by atoms with Gasteiger partial charge in [0.1, 0.15) is 5.69 Å². The van der Waals surface area contributed by atoms with E-state index in [-0.39, 0.29) is 11.6 Å². The van der Waals surface area contributed by atoms with Crippen LogP contribution in [0.4, 0.5) is 11.4 Å². The van der Waals surface area contributed by atoms with Gasteiger partial charge in [-0.15, -0.1) is 0 Å². The summed E-state index contributed by atoms with van der Waals surface area (Å²) in [6.07, 6.45) is 0. The van der Waals surface area contributed by atoms with Crippen molar-refractivity contribution in [2.24, 2.45) is 11.8 Å². The molecule has 0 spiro atoms. The average Bonchev–Trinajstić information content (AvgIpc) is 2.27. The van der Waals surface area contributed by atoms with Crippen LogP contribution in [0.25, 0.3) is 0 Å². The Morgan fingerprint density at radius 2 is 2.11 bits per heavy atom. The molecule has 18 heavy (non-hydrogen) atoms. The summed E-state index contributed by atoms with van der Waals surface area (Å²) in [7, 11) is 0. The van der Waals surface area contributed by atoms with Crippen molar-refractivity contribution in [2.75, 3.05) is 18.0 Å². The molecule has 0 bridgehead atoms. The number of hydrogen-bond donors (Lipinski definition) is 1. The lowest BCUT2D eigenvalue weighted by Crippen LogP contribution is -2.51. The summed E-state index contributed by atoms with van der Waals surface area (Å²) in [6.45, 7) is 2.78. The highest BCUT2D eigenvalue weighted by atomic mass is 16.6. The first-order chi connectivity index (χ1) is 8.50. The van der Waals surface area contributed by atoms with Crippen LogP contribution in [-0.4, -0.2) is 29.1 Å². The molecule has 0 saturated carbocycles. The number of carboxylic acids is 1. The Balaban J connectivity index is 2.09.